The minimum absolute atomic E-state index is 0.0455. The van der Waals surface area contributed by atoms with Crippen molar-refractivity contribution in [3.05, 3.63) is 20.8 Å². The van der Waals surface area contributed by atoms with E-state index in [4.69, 9.17) is 10.5 Å². The zero-order valence-corrected chi connectivity index (χ0v) is 10.0. The fraction of sp³-hybridized carbons (Fsp3) is 0.400. The van der Waals surface area contributed by atoms with E-state index in [1.807, 2.05) is 0 Å². The van der Waals surface area contributed by atoms with Crippen LogP contribution in [-0.4, -0.2) is 12.2 Å². The first-order valence-corrected chi connectivity index (χ1v) is 5.56. The van der Waals surface area contributed by atoms with Crippen LogP contribution in [0.3, 0.4) is 0 Å². The van der Waals surface area contributed by atoms with Crippen molar-refractivity contribution in [1.82, 2.24) is 0 Å². The Hall–Kier alpha value is -0.490. The standard InChI is InChI=1S/C10H12INO2/c1-14-10-5-2-3-7(12)9(5)8(13)4-6(10)11/h4,7,13H,2-3,12H2,1H3. The Labute approximate surface area is 96.4 Å². The summed E-state index contributed by atoms with van der Waals surface area (Å²) in [5, 5.41) is 9.76. The summed E-state index contributed by atoms with van der Waals surface area (Å²) in [6.45, 7) is 0. The molecule has 1 aliphatic rings. The topological polar surface area (TPSA) is 55.5 Å². The molecule has 0 saturated carbocycles. The molecule has 14 heavy (non-hydrogen) atoms. The van der Waals surface area contributed by atoms with Crippen molar-refractivity contribution in [1.29, 1.82) is 0 Å². The molecule has 0 aliphatic heterocycles. The van der Waals surface area contributed by atoms with E-state index in [9.17, 15) is 5.11 Å². The second-order valence-electron chi connectivity index (χ2n) is 3.45. The van der Waals surface area contributed by atoms with E-state index in [-0.39, 0.29) is 6.04 Å². The summed E-state index contributed by atoms with van der Waals surface area (Å²) in [5.41, 5.74) is 7.84. The van der Waals surface area contributed by atoms with Gasteiger partial charge in [0.2, 0.25) is 0 Å². The molecule has 0 fully saturated rings. The lowest BCUT2D eigenvalue weighted by atomic mass is 10.1. The van der Waals surface area contributed by atoms with Gasteiger partial charge in [0.1, 0.15) is 11.5 Å². The van der Waals surface area contributed by atoms with Crippen molar-refractivity contribution in [2.24, 2.45) is 5.73 Å². The molecule has 0 bridgehead atoms. The van der Waals surface area contributed by atoms with Gasteiger partial charge >= 0.3 is 0 Å². The van der Waals surface area contributed by atoms with Gasteiger partial charge in [0.25, 0.3) is 0 Å². The molecule has 1 aromatic rings. The van der Waals surface area contributed by atoms with Crippen molar-refractivity contribution in [3.8, 4) is 11.5 Å². The first-order valence-electron chi connectivity index (χ1n) is 4.49. The maximum atomic E-state index is 9.76. The Morgan fingerprint density at radius 3 is 3.00 bits per heavy atom. The largest absolute Gasteiger partial charge is 0.508 e. The molecule has 76 valence electrons. The maximum Gasteiger partial charge on any atom is 0.135 e. The van der Waals surface area contributed by atoms with Crippen LogP contribution in [0, 0.1) is 3.57 Å². The molecular formula is C10H12INO2. The third-order valence-electron chi connectivity index (χ3n) is 2.64. The van der Waals surface area contributed by atoms with E-state index in [0.717, 1.165) is 33.3 Å². The number of methoxy groups -OCH3 is 1. The Morgan fingerprint density at radius 1 is 1.64 bits per heavy atom. The number of rotatable bonds is 1. The molecule has 0 radical (unpaired) electrons. The van der Waals surface area contributed by atoms with Crippen molar-refractivity contribution in [3.63, 3.8) is 0 Å². The van der Waals surface area contributed by atoms with Crippen LogP contribution in [-0.2, 0) is 6.42 Å². The number of aromatic hydroxyl groups is 1. The van der Waals surface area contributed by atoms with Gasteiger partial charge in [-0.05, 0) is 41.5 Å². The fourth-order valence-corrected chi connectivity index (χ4v) is 2.85. The molecule has 1 unspecified atom stereocenters. The predicted octanol–water partition coefficient (Wildman–Crippen LogP) is 1.95. The second-order valence-corrected chi connectivity index (χ2v) is 4.61. The van der Waals surface area contributed by atoms with Gasteiger partial charge in [-0.1, -0.05) is 0 Å². The highest BCUT2D eigenvalue weighted by Crippen LogP contribution is 2.43. The first kappa shape index (κ1) is 10.0. The lowest BCUT2D eigenvalue weighted by Crippen LogP contribution is -2.06. The monoisotopic (exact) mass is 305 g/mol. The normalized spacial score (nSPS) is 19.5. The van der Waals surface area contributed by atoms with E-state index in [1.54, 1.807) is 13.2 Å². The highest BCUT2D eigenvalue weighted by Gasteiger charge is 2.27. The van der Waals surface area contributed by atoms with Crippen molar-refractivity contribution in [2.75, 3.05) is 7.11 Å². The Morgan fingerprint density at radius 2 is 2.36 bits per heavy atom. The second kappa shape index (κ2) is 3.58. The van der Waals surface area contributed by atoms with Gasteiger partial charge < -0.3 is 15.6 Å². The van der Waals surface area contributed by atoms with Crippen LogP contribution in [0.5, 0.6) is 11.5 Å². The highest BCUT2D eigenvalue weighted by atomic mass is 127. The lowest BCUT2D eigenvalue weighted by Gasteiger charge is -2.12. The van der Waals surface area contributed by atoms with Gasteiger partial charge in [-0.15, -0.1) is 0 Å². The summed E-state index contributed by atoms with van der Waals surface area (Å²) in [6.07, 6.45) is 1.78. The Kier molecular flexibility index (Phi) is 2.57. The summed E-state index contributed by atoms with van der Waals surface area (Å²) in [7, 11) is 1.65. The van der Waals surface area contributed by atoms with Crippen LogP contribution in [0.4, 0.5) is 0 Å². The van der Waals surface area contributed by atoms with E-state index in [2.05, 4.69) is 22.6 Å². The van der Waals surface area contributed by atoms with Crippen LogP contribution in [0.15, 0.2) is 6.07 Å². The first-order chi connectivity index (χ1) is 6.65. The summed E-state index contributed by atoms with van der Waals surface area (Å²) >= 11 is 2.16. The number of phenols is 1. The Bertz CT molecular complexity index is 379. The molecule has 0 amide bonds. The maximum absolute atomic E-state index is 9.76. The van der Waals surface area contributed by atoms with Crippen LogP contribution in [0.2, 0.25) is 0 Å². The predicted molar refractivity (Wildman–Crippen MR) is 62.6 cm³/mol. The molecule has 4 heteroatoms. The van der Waals surface area contributed by atoms with Crippen LogP contribution < -0.4 is 10.5 Å². The number of halogens is 1. The number of hydrogen-bond donors (Lipinski definition) is 2. The smallest absolute Gasteiger partial charge is 0.135 e. The van der Waals surface area contributed by atoms with Gasteiger partial charge in [-0.2, -0.15) is 0 Å². The molecule has 1 aliphatic carbocycles. The molecule has 0 saturated heterocycles. The molecule has 0 heterocycles. The number of ether oxygens (including phenoxy) is 1. The van der Waals surface area contributed by atoms with Crippen LogP contribution in [0.25, 0.3) is 0 Å². The number of fused-ring (bicyclic) bond motifs is 1. The van der Waals surface area contributed by atoms with Crippen molar-refractivity contribution >= 4 is 22.6 Å². The average molecular weight is 305 g/mol. The average Bonchev–Trinajstić information content (AvgIpc) is 2.49. The molecule has 0 spiro atoms. The van der Waals surface area contributed by atoms with Crippen LogP contribution in [0.1, 0.15) is 23.6 Å². The zero-order valence-electron chi connectivity index (χ0n) is 7.88. The zero-order chi connectivity index (χ0) is 10.3. The summed E-state index contributed by atoms with van der Waals surface area (Å²) in [5.74, 6) is 1.17. The fourth-order valence-electron chi connectivity index (χ4n) is 2.01. The van der Waals surface area contributed by atoms with E-state index < -0.39 is 0 Å². The third-order valence-corrected chi connectivity index (χ3v) is 3.44. The van der Waals surface area contributed by atoms with E-state index in [0.29, 0.717) is 5.75 Å². The minimum atomic E-state index is -0.0455. The molecule has 2 rings (SSSR count). The summed E-state index contributed by atoms with van der Waals surface area (Å²) in [4.78, 5) is 0. The van der Waals surface area contributed by atoms with Gasteiger partial charge in [-0.3, -0.25) is 0 Å². The van der Waals surface area contributed by atoms with Crippen molar-refractivity contribution < 1.29 is 9.84 Å². The van der Waals surface area contributed by atoms with E-state index >= 15 is 0 Å². The molecule has 3 N–H and O–H groups in total. The number of phenolic OH excluding ortho intramolecular Hbond substituents is 1. The molecule has 0 aromatic heterocycles. The Balaban J connectivity index is 2.66. The van der Waals surface area contributed by atoms with Gasteiger partial charge in [0.15, 0.2) is 0 Å². The highest BCUT2D eigenvalue weighted by molar-refractivity contribution is 14.1. The quantitative estimate of drug-likeness (QED) is 0.780. The number of benzene rings is 1. The molecule has 3 nitrogen and oxygen atoms in total. The van der Waals surface area contributed by atoms with Gasteiger partial charge in [0, 0.05) is 17.2 Å². The molecular weight excluding hydrogens is 293 g/mol. The van der Waals surface area contributed by atoms with Gasteiger partial charge in [0.05, 0.1) is 10.7 Å². The van der Waals surface area contributed by atoms with Crippen molar-refractivity contribution in [2.45, 2.75) is 18.9 Å². The van der Waals surface area contributed by atoms with E-state index in [1.165, 1.54) is 0 Å². The van der Waals surface area contributed by atoms with Crippen LogP contribution >= 0.6 is 22.6 Å². The summed E-state index contributed by atoms with van der Waals surface area (Å²) in [6, 6.07) is 1.67. The molecule has 1 aromatic carbocycles. The third kappa shape index (κ3) is 1.37. The van der Waals surface area contributed by atoms with Gasteiger partial charge in [-0.25, -0.2) is 0 Å². The number of hydrogen-bond acceptors (Lipinski definition) is 3. The molecule has 1 atom stereocenters. The lowest BCUT2D eigenvalue weighted by molar-refractivity contribution is 0.404. The summed E-state index contributed by atoms with van der Waals surface area (Å²) < 4.78 is 6.26. The minimum Gasteiger partial charge on any atom is -0.508 e. The SMILES string of the molecule is COc1c(I)cc(O)c2c1CCC2N. The number of nitrogens with two attached hydrogens (primary N) is 1.